The molecule has 3 aromatic rings. The lowest BCUT2D eigenvalue weighted by atomic mass is 10.2. The van der Waals surface area contributed by atoms with Crippen molar-refractivity contribution in [1.82, 2.24) is 9.97 Å². The third-order valence-corrected chi connectivity index (χ3v) is 5.41. The summed E-state index contributed by atoms with van der Waals surface area (Å²) in [5.41, 5.74) is 7.00. The number of amides is 2. The SMILES string of the molecule is NC(=O)c1cc(-c2csc(NC(=O)CCCSc3ccccc3)n2)c[nH]1. The molecule has 2 heterocycles. The third-order valence-electron chi connectivity index (χ3n) is 3.55. The second kappa shape index (κ2) is 8.68. The lowest BCUT2D eigenvalue weighted by molar-refractivity contribution is -0.116. The number of thiazole rings is 1. The van der Waals surface area contributed by atoms with Gasteiger partial charge in [-0.05, 0) is 30.4 Å². The zero-order valence-electron chi connectivity index (χ0n) is 13.9. The van der Waals surface area contributed by atoms with Gasteiger partial charge < -0.3 is 16.0 Å². The average molecular weight is 387 g/mol. The monoisotopic (exact) mass is 386 g/mol. The summed E-state index contributed by atoms with van der Waals surface area (Å²) in [6.07, 6.45) is 2.91. The van der Waals surface area contributed by atoms with E-state index in [-0.39, 0.29) is 5.91 Å². The van der Waals surface area contributed by atoms with Crippen LogP contribution in [0.1, 0.15) is 23.3 Å². The molecule has 0 fully saturated rings. The van der Waals surface area contributed by atoms with Gasteiger partial charge in [-0.3, -0.25) is 9.59 Å². The van der Waals surface area contributed by atoms with Gasteiger partial charge in [0.15, 0.2) is 5.13 Å². The maximum absolute atomic E-state index is 12.0. The first-order chi connectivity index (χ1) is 12.6. The number of carbonyl (C=O) groups excluding carboxylic acids is 2. The molecule has 0 aliphatic carbocycles. The quantitative estimate of drug-likeness (QED) is 0.405. The molecule has 0 unspecified atom stereocenters. The van der Waals surface area contributed by atoms with Gasteiger partial charge >= 0.3 is 0 Å². The third kappa shape index (κ3) is 4.96. The highest BCUT2D eigenvalue weighted by Crippen LogP contribution is 2.25. The maximum Gasteiger partial charge on any atom is 0.265 e. The first-order valence-electron chi connectivity index (χ1n) is 8.03. The Kier molecular flexibility index (Phi) is 6.08. The van der Waals surface area contributed by atoms with E-state index in [2.05, 4.69) is 27.4 Å². The van der Waals surface area contributed by atoms with Crippen LogP contribution in [0.15, 0.2) is 52.9 Å². The van der Waals surface area contributed by atoms with Crippen LogP contribution in [0.2, 0.25) is 0 Å². The normalized spacial score (nSPS) is 10.6. The largest absolute Gasteiger partial charge is 0.364 e. The van der Waals surface area contributed by atoms with Gasteiger partial charge in [0.05, 0.1) is 5.69 Å². The molecule has 3 rings (SSSR count). The number of aromatic amines is 1. The standard InChI is InChI=1S/C18H18N4O2S2/c19-17(24)14-9-12(10-20-14)15-11-26-18(21-15)22-16(23)7-4-8-25-13-5-2-1-3-6-13/h1-3,5-6,9-11,20H,4,7-8H2,(H2,19,24)(H,21,22,23). The van der Waals surface area contributed by atoms with Crippen molar-refractivity contribution in [2.24, 2.45) is 5.73 Å². The van der Waals surface area contributed by atoms with Gasteiger partial charge in [-0.25, -0.2) is 4.98 Å². The highest BCUT2D eigenvalue weighted by molar-refractivity contribution is 7.99. The van der Waals surface area contributed by atoms with Gasteiger partial charge in [0.1, 0.15) is 5.69 Å². The van der Waals surface area contributed by atoms with E-state index in [1.807, 2.05) is 23.6 Å². The Morgan fingerprint density at radius 3 is 2.81 bits per heavy atom. The Labute approximate surface area is 159 Å². The molecule has 1 aromatic carbocycles. The molecule has 0 spiro atoms. The number of carbonyl (C=O) groups is 2. The number of thioether (sulfide) groups is 1. The van der Waals surface area contributed by atoms with Crippen LogP contribution >= 0.6 is 23.1 Å². The minimum absolute atomic E-state index is 0.0496. The van der Waals surface area contributed by atoms with Gasteiger partial charge in [-0.15, -0.1) is 23.1 Å². The summed E-state index contributed by atoms with van der Waals surface area (Å²) in [4.78, 5) is 31.6. The minimum atomic E-state index is -0.520. The number of primary amides is 1. The van der Waals surface area contributed by atoms with Crippen molar-refractivity contribution in [3.05, 3.63) is 53.7 Å². The van der Waals surface area contributed by atoms with Crippen LogP contribution in [0, 0.1) is 0 Å². The van der Waals surface area contributed by atoms with E-state index in [4.69, 9.17) is 5.73 Å². The summed E-state index contributed by atoms with van der Waals surface area (Å²) in [6, 6.07) is 11.8. The molecule has 26 heavy (non-hydrogen) atoms. The molecule has 0 saturated carbocycles. The maximum atomic E-state index is 12.0. The molecular formula is C18H18N4O2S2. The topological polar surface area (TPSA) is 101 Å². The van der Waals surface area contributed by atoms with Crippen LogP contribution in [-0.4, -0.2) is 27.5 Å². The van der Waals surface area contributed by atoms with E-state index < -0.39 is 5.91 Å². The van der Waals surface area contributed by atoms with Gasteiger partial charge in [0.2, 0.25) is 5.91 Å². The van der Waals surface area contributed by atoms with Crippen molar-refractivity contribution in [2.45, 2.75) is 17.7 Å². The van der Waals surface area contributed by atoms with Gasteiger partial charge in [0, 0.05) is 28.5 Å². The molecule has 6 nitrogen and oxygen atoms in total. The second-order valence-corrected chi connectivity index (χ2v) is 7.54. The number of hydrogen-bond donors (Lipinski definition) is 3. The second-order valence-electron chi connectivity index (χ2n) is 5.52. The predicted octanol–water partition coefficient (Wildman–Crippen LogP) is 3.75. The van der Waals surface area contributed by atoms with Crippen LogP contribution in [0.5, 0.6) is 0 Å². The number of hydrogen-bond acceptors (Lipinski definition) is 5. The van der Waals surface area contributed by atoms with Crippen LogP contribution in [0.25, 0.3) is 11.3 Å². The molecular weight excluding hydrogens is 368 g/mol. The van der Waals surface area contributed by atoms with E-state index in [1.54, 1.807) is 24.0 Å². The van der Waals surface area contributed by atoms with Crippen molar-refractivity contribution in [2.75, 3.05) is 11.1 Å². The fourth-order valence-electron chi connectivity index (χ4n) is 2.27. The number of nitrogens with one attached hydrogen (secondary N) is 2. The Balaban J connectivity index is 1.46. The summed E-state index contributed by atoms with van der Waals surface area (Å²) in [7, 11) is 0. The predicted molar refractivity (Wildman–Crippen MR) is 105 cm³/mol. The molecule has 2 amide bonds. The lowest BCUT2D eigenvalue weighted by Gasteiger charge is -2.02. The Morgan fingerprint density at radius 2 is 2.08 bits per heavy atom. The molecule has 0 aliphatic rings. The van der Waals surface area contributed by atoms with Crippen LogP contribution < -0.4 is 11.1 Å². The van der Waals surface area contributed by atoms with Crippen LogP contribution in [0.3, 0.4) is 0 Å². The molecule has 0 atom stereocenters. The molecule has 134 valence electrons. The highest BCUT2D eigenvalue weighted by Gasteiger charge is 2.11. The number of nitrogens with two attached hydrogens (primary N) is 1. The minimum Gasteiger partial charge on any atom is -0.364 e. The van der Waals surface area contributed by atoms with Crippen molar-refractivity contribution in [3.63, 3.8) is 0 Å². The number of rotatable bonds is 8. The van der Waals surface area contributed by atoms with Crippen molar-refractivity contribution < 1.29 is 9.59 Å². The van der Waals surface area contributed by atoms with E-state index >= 15 is 0 Å². The first-order valence-corrected chi connectivity index (χ1v) is 9.90. The lowest BCUT2D eigenvalue weighted by Crippen LogP contribution is -2.11. The van der Waals surface area contributed by atoms with Gasteiger partial charge in [-0.1, -0.05) is 18.2 Å². The van der Waals surface area contributed by atoms with Crippen molar-refractivity contribution in [3.8, 4) is 11.3 Å². The molecule has 0 radical (unpaired) electrons. The molecule has 0 aliphatic heterocycles. The van der Waals surface area contributed by atoms with Crippen LogP contribution in [0.4, 0.5) is 5.13 Å². The summed E-state index contributed by atoms with van der Waals surface area (Å²) >= 11 is 3.09. The zero-order chi connectivity index (χ0) is 18.4. The summed E-state index contributed by atoms with van der Waals surface area (Å²) in [5, 5.41) is 5.19. The molecule has 8 heteroatoms. The van der Waals surface area contributed by atoms with Crippen LogP contribution in [-0.2, 0) is 4.79 Å². The smallest absolute Gasteiger partial charge is 0.265 e. The van der Waals surface area contributed by atoms with E-state index in [1.165, 1.54) is 16.2 Å². The Bertz CT molecular complexity index is 890. The number of aromatic nitrogens is 2. The Hall–Kier alpha value is -2.58. The first kappa shape index (κ1) is 18.2. The average Bonchev–Trinajstić information content (AvgIpc) is 3.29. The van der Waals surface area contributed by atoms with E-state index in [0.29, 0.717) is 22.9 Å². The number of anilines is 1. The van der Waals surface area contributed by atoms with E-state index in [0.717, 1.165) is 17.7 Å². The zero-order valence-corrected chi connectivity index (χ0v) is 15.5. The molecule has 4 N–H and O–H groups in total. The van der Waals surface area contributed by atoms with Crippen molar-refractivity contribution >= 4 is 40.0 Å². The fourth-order valence-corrected chi connectivity index (χ4v) is 3.88. The number of nitrogens with zero attached hydrogens (tertiary/aromatic N) is 1. The summed E-state index contributed by atoms with van der Waals surface area (Å²) in [5.74, 6) is 0.319. The number of benzene rings is 1. The molecule has 2 aromatic heterocycles. The number of H-pyrrole nitrogens is 1. The summed E-state index contributed by atoms with van der Waals surface area (Å²) < 4.78 is 0. The molecule has 0 bridgehead atoms. The van der Waals surface area contributed by atoms with Gasteiger partial charge in [-0.2, -0.15) is 0 Å². The Morgan fingerprint density at radius 1 is 1.27 bits per heavy atom. The molecule has 0 saturated heterocycles. The van der Waals surface area contributed by atoms with E-state index in [9.17, 15) is 9.59 Å². The highest BCUT2D eigenvalue weighted by atomic mass is 32.2. The van der Waals surface area contributed by atoms with Crippen molar-refractivity contribution in [1.29, 1.82) is 0 Å². The van der Waals surface area contributed by atoms with Gasteiger partial charge in [0.25, 0.3) is 5.91 Å². The fraction of sp³-hybridized carbons (Fsp3) is 0.167. The summed E-state index contributed by atoms with van der Waals surface area (Å²) in [6.45, 7) is 0.